The van der Waals surface area contributed by atoms with Crippen LogP contribution >= 0.6 is 0 Å². The van der Waals surface area contributed by atoms with E-state index in [0.29, 0.717) is 25.0 Å². The summed E-state index contributed by atoms with van der Waals surface area (Å²) in [6.45, 7) is 0.673. The van der Waals surface area contributed by atoms with Crippen LogP contribution in [0.5, 0.6) is 5.75 Å². The number of likely N-dealkylation sites (N-methyl/N-ethyl adjacent to an activating group) is 1. The van der Waals surface area contributed by atoms with Crippen LogP contribution in [0.3, 0.4) is 0 Å². The molecule has 3 rings (SSSR count). The number of sulfonamides is 1. The lowest BCUT2D eigenvalue weighted by Gasteiger charge is -2.28. The van der Waals surface area contributed by atoms with Crippen LogP contribution in [0.4, 0.5) is 18.9 Å². The molecule has 6 nitrogen and oxygen atoms in total. The van der Waals surface area contributed by atoms with Crippen molar-refractivity contribution in [2.45, 2.75) is 11.1 Å². The summed E-state index contributed by atoms with van der Waals surface area (Å²) in [5.41, 5.74) is -0.333. The summed E-state index contributed by atoms with van der Waals surface area (Å²) in [5.74, 6) is 0.431. The monoisotopic (exact) mass is 375 g/mol. The first-order valence-electron chi connectivity index (χ1n) is 7.49. The maximum absolute atomic E-state index is 12.7. The quantitative estimate of drug-likeness (QED) is 0.794. The van der Waals surface area contributed by atoms with Gasteiger partial charge in [0, 0.05) is 19.3 Å². The lowest BCUT2D eigenvalue weighted by molar-refractivity contribution is -0.0578. The highest BCUT2D eigenvalue weighted by molar-refractivity contribution is 7.89. The van der Waals surface area contributed by atoms with E-state index in [1.807, 2.05) is 11.9 Å². The third kappa shape index (κ3) is 3.44. The van der Waals surface area contributed by atoms with Gasteiger partial charge in [-0.2, -0.15) is 13.2 Å². The Labute approximate surface area is 143 Å². The molecule has 2 aliphatic rings. The number of hydrogen-bond acceptors (Lipinski definition) is 5. The van der Waals surface area contributed by atoms with Gasteiger partial charge < -0.3 is 9.64 Å². The predicted molar refractivity (Wildman–Crippen MR) is 86.6 cm³/mol. The number of rotatable bonds is 2. The minimum atomic E-state index is -4.61. The first kappa shape index (κ1) is 17.6. The number of alkyl halides is 3. The minimum absolute atomic E-state index is 0.0401. The van der Waals surface area contributed by atoms with Crippen molar-refractivity contribution in [1.29, 1.82) is 0 Å². The van der Waals surface area contributed by atoms with Gasteiger partial charge in [0.25, 0.3) is 10.0 Å². The van der Waals surface area contributed by atoms with Crippen LogP contribution in [0, 0.1) is 0 Å². The van der Waals surface area contributed by atoms with Gasteiger partial charge in [0.05, 0.1) is 30.2 Å². The predicted octanol–water partition coefficient (Wildman–Crippen LogP) is 2.04. The van der Waals surface area contributed by atoms with Crippen molar-refractivity contribution in [1.82, 2.24) is 4.31 Å². The van der Waals surface area contributed by atoms with E-state index in [4.69, 9.17) is 4.74 Å². The van der Waals surface area contributed by atoms with Gasteiger partial charge in [-0.3, -0.25) is 9.30 Å². The zero-order valence-corrected chi connectivity index (χ0v) is 14.1. The molecule has 2 heterocycles. The summed E-state index contributed by atoms with van der Waals surface area (Å²) in [6.07, 6.45) is -3.03. The standard InChI is InChI=1S/C15H16F3N3O3S/c1-20-8-9-24-13-10-11(2-3-12(13)20)25(22,23)21-6-4-14(15(16,17)18)19-5-7-21/h2-4,6,10H,5,7-9H2,1H3. The number of anilines is 1. The number of benzene rings is 1. The van der Waals surface area contributed by atoms with E-state index < -0.39 is 21.9 Å². The SMILES string of the molecule is CN1CCOc2cc(S(=O)(=O)N3C=CC(C(F)(F)F)=NCC3)ccc21. The van der Waals surface area contributed by atoms with E-state index in [2.05, 4.69) is 4.99 Å². The van der Waals surface area contributed by atoms with Crippen molar-refractivity contribution < 1.29 is 26.3 Å². The van der Waals surface area contributed by atoms with Gasteiger partial charge in [0.15, 0.2) is 0 Å². The van der Waals surface area contributed by atoms with Crippen molar-refractivity contribution in [3.63, 3.8) is 0 Å². The first-order valence-corrected chi connectivity index (χ1v) is 8.93. The normalized spacial score (nSPS) is 18.3. The van der Waals surface area contributed by atoms with E-state index in [9.17, 15) is 21.6 Å². The molecule has 0 atom stereocenters. The Kier molecular flexibility index (Phi) is 4.40. The van der Waals surface area contributed by atoms with E-state index in [1.54, 1.807) is 6.07 Å². The summed E-state index contributed by atoms with van der Waals surface area (Å²) in [4.78, 5) is 5.29. The van der Waals surface area contributed by atoms with Crippen LogP contribution in [0.2, 0.25) is 0 Å². The van der Waals surface area contributed by atoms with Crippen molar-refractivity contribution in [2.24, 2.45) is 4.99 Å². The van der Waals surface area contributed by atoms with Gasteiger partial charge in [0.1, 0.15) is 18.1 Å². The Morgan fingerprint density at radius 1 is 1.24 bits per heavy atom. The Morgan fingerprint density at radius 2 is 2.00 bits per heavy atom. The number of ether oxygens (including phenoxy) is 1. The van der Waals surface area contributed by atoms with Crippen LogP contribution < -0.4 is 9.64 Å². The smallest absolute Gasteiger partial charge is 0.432 e. The summed E-state index contributed by atoms with van der Waals surface area (Å²) in [6, 6.07) is 4.44. The van der Waals surface area contributed by atoms with E-state index in [0.717, 1.165) is 16.2 Å². The Bertz CT molecular complexity index is 834. The Hall–Kier alpha value is -2.23. The number of allylic oxidation sites excluding steroid dienone is 1. The second-order valence-electron chi connectivity index (χ2n) is 5.60. The molecule has 2 aliphatic heterocycles. The minimum Gasteiger partial charge on any atom is -0.490 e. The van der Waals surface area contributed by atoms with E-state index in [-0.39, 0.29) is 18.0 Å². The van der Waals surface area contributed by atoms with Gasteiger partial charge in [0.2, 0.25) is 0 Å². The highest BCUT2D eigenvalue weighted by Crippen LogP contribution is 2.34. The molecule has 25 heavy (non-hydrogen) atoms. The molecule has 0 N–H and O–H groups in total. The molecule has 1 aromatic carbocycles. The molecule has 0 fully saturated rings. The van der Waals surface area contributed by atoms with Gasteiger partial charge >= 0.3 is 6.18 Å². The molecule has 0 amide bonds. The van der Waals surface area contributed by atoms with Crippen LogP contribution in [-0.4, -0.2) is 57.9 Å². The van der Waals surface area contributed by atoms with E-state index in [1.165, 1.54) is 12.1 Å². The van der Waals surface area contributed by atoms with Gasteiger partial charge in [-0.05, 0) is 18.2 Å². The molecule has 136 valence electrons. The van der Waals surface area contributed by atoms with Crippen molar-refractivity contribution in [3.8, 4) is 5.75 Å². The number of hydrogen-bond donors (Lipinski definition) is 0. The fraction of sp³-hybridized carbons (Fsp3) is 0.400. The van der Waals surface area contributed by atoms with Gasteiger partial charge in [-0.15, -0.1) is 0 Å². The fourth-order valence-corrected chi connectivity index (χ4v) is 3.88. The Balaban J connectivity index is 1.90. The maximum Gasteiger partial charge on any atom is 0.432 e. The summed E-state index contributed by atoms with van der Waals surface area (Å²) < 4.78 is 70.0. The molecule has 10 heteroatoms. The second kappa shape index (κ2) is 6.25. The number of nitrogens with zero attached hydrogens (tertiary/aromatic N) is 3. The lowest BCUT2D eigenvalue weighted by Crippen LogP contribution is -2.30. The van der Waals surface area contributed by atoms with Crippen LogP contribution in [0.1, 0.15) is 0 Å². The molecule has 0 spiro atoms. The zero-order chi connectivity index (χ0) is 18.2. The lowest BCUT2D eigenvalue weighted by atomic mass is 10.2. The third-order valence-corrected chi connectivity index (χ3v) is 5.70. The number of fused-ring (bicyclic) bond motifs is 1. The molecule has 1 aromatic rings. The van der Waals surface area contributed by atoms with Crippen LogP contribution in [0.15, 0.2) is 40.4 Å². The van der Waals surface area contributed by atoms with Crippen molar-refractivity contribution >= 4 is 21.4 Å². The molecule has 0 unspecified atom stereocenters. The molecular formula is C15H16F3N3O3S. The van der Waals surface area contributed by atoms with Crippen LogP contribution in [0.25, 0.3) is 0 Å². The molecule has 0 saturated heterocycles. The Morgan fingerprint density at radius 3 is 2.72 bits per heavy atom. The highest BCUT2D eigenvalue weighted by atomic mass is 32.2. The fourth-order valence-electron chi connectivity index (χ4n) is 2.57. The molecule has 0 radical (unpaired) electrons. The molecule has 0 saturated carbocycles. The maximum atomic E-state index is 12.7. The second-order valence-corrected chi connectivity index (χ2v) is 7.49. The largest absolute Gasteiger partial charge is 0.490 e. The van der Waals surface area contributed by atoms with Gasteiger partial charge in [-0.25, -0.2) is 8.42 Å². The van der Waals surface area contributed by atoms with Crippen molar-refractivity contribution in [3.05, 3.63) is 30.5 Å². The van der Waals surface area contributed by atoms with Crippen LogP contribution in [-0.2, 0) is 10.0 Å². The molecule has 0 aromatic heterocycles. The summed E-state index contributed by atoms with van der Waals surface area (Å²) >= 11 is 0. The van der Waals surface area contributed by atoms with E-state index >= 15 is 0 Å². The number of aliphatic imine (C=N–C) groups is 1. The topological polar surface area (TPSA) is 62.2 Å². The average Bonchev–Trinajstić information content (AvgIpc) is 2.81. The van der Waals surface area contributed by atoms with Crippen molar-refractivity contribution in [2.75, 3.05) is 38.2 Å². The third-order valence-electron chi connectivity index (χ3n) is 3.93. The molecule has 0 aliphatic carbocycles. The summed E-state index contributed by atoms with van der Waals surface area (Å²) in [7, 11) is -2.13. The molecule has 0 bridgehead atoms. The average molecular weight is 375 g/mol. The first-order chi connectivity index (χ1) is 11.7. The highest BCUT2D eigenvalue weighted by Gasteiger charge is 2.35. The summed E-state index contributed by atoms with van der Waals surface area (Å²) in [5, 5.41) is 0. The zero-order valence-electron chi connectivity index (χ0n) is 13.3. The molecular weight excluding hydrogens is 359 g/mol. The van der Waals surface area contributed by atoms with Gasteiger partial charge in [-0.1, -0.05) is 0 Å². The number of halogens is 3.